The Morgan fingerprint density at radius 2 is 2.16 bits per heavy atom. The maximum atomic E-state index is 6.04. The van der Waals surface area contributed by atoms with Gasteiger partial charge in [0.1, 0.15) is 0 Å². The largest absolute Gasteiger partial charge is 0.363 e. The fraction of sp³-hybridized carbons (Fsp3) is 0.400. The second-order valence-corrected chi connectivity index (χ2v) is 5.13. The fourth-order valence-electron chi connectivity index (χ4n) is 2.95. The van der Waals surface area contributed by atoms with Crippen LogP contribution in [0.25, 0.3) is 0 Å². The molecule has 2 N–H and O–H groups in total. The molecule has 0 bridgehead atoms. The summed E-state index contributed by atoms with van der Waals surface area (Å²) < 4.78 is 1.92. The van der Waals surface area contributed by atoms with Gasteiger partial charge in [-0.05, 0) is 25.0 Å². The second-order valence-electron chi connectivity index (χ2n) is 5.13. The molecule has 1 aliphatic rings. The summed E-state index contributed by atoms with van der Waals surface area (Å²) in [5, 5.41) is 4.35. The van der Waals surface area contributed by atoms with Crippen LogP contribution in [0.3, 0.4) is 0 Å². The van der Waals surface area contributed by atoms with Crippen molar-refractivity contribution in [3.8, 4) is 0 Å². The van der Waals surface area contributed by atoms with Gasteiger partial charge < -0.3 is 10.6 Å². The van der Waals surface area contributed by atoms with Crippen molar-refractivity contribution in [2.45, 2.75) is 19.4 Å². The Balaban J connectivity index is 1.99. The van der Waals surface area contributed by atoms with Gasteiger partial charge in [-0.25, -0.2) is 0 Å². The molecule has 2 aromatic rings. The predicted octanol–water partition coefficient (Wildman–Crippen LogP) is 1.79. The number of benzene rings is 1. The molecule has 0 radical (unpaired) electrons. The van der Waals surface area contributed by atoms with Crippen LogP contribution in [-0.4, -0.2) is 22.9 Å². The summed E-state index contributed by atoms with van der Waals surface area (Å²) in [6, 6.07) is 8.82. The van der Waals surface area contributed by atoms with Crippen molar-refractivity contribution in [3.05, 3.63) is 47.3 Å². The van der Waals surface area contributed by atoms with Crippen LogP contribution < -0.4 is 10.6 Å². The maximum absolute atomic E-state index is 6.04. The lowest BCUT2D eigenvalue weighted by atomic mass is 10.1. The van der Waals surface area contributed by atoms with E-state index < -0.39 is 0 Å². The molecule has 19 heavy (non-hydrogen) atoms. The van der Waals surface area contributed by atoms with Crippen molar-refractivity contribution in [3.63, 3.8) is 0 Å². The minimum absolute atomic E-state index is 0.220. The van der Waals surface area contributed by atoms with E-state index in [1.165, 1.54) is 22.5 Å². The summed E-state index contributed by atoms with van der Waals surface area (Å²) in [5.41, 5.74) is 11.2. The van der Waals surface area contributed by atoms with E-state index >= 15 is 0 Å². The lowest BCUT2D eigenvalue weighted by molar-refractivity contribution is 0.641. The zero-order valence-electron chi connectivity index (χ0n) is 11.5. The van der Waals surface area contributed by atoms with Gasteiger partial charge in [-0.1, -0.05) is 18.2 Å². The molecular weight excluding hydrogens is 236 g/mol. The molecule has 1 unspecified atom stereocenters. The zero-order valence-corrected chi connectivity index (χ0v) is 11.5. The molecule has 0 saturated carbocycles. The monoisotopic (exact) mass is 256 g/mol. The summed E-state index contributed by atoms with van der Waals surface area (Å²) >= 11 is 0. The number of aryl methyl sites for hydroxylation is 1. The number of fused-ring (bicyclic) bond motifs is 1. The van der Waals surface area contributed by atoms with Gasteiger partial charge in [0.2, 0.25) is 0 Å². The van der Waals surface area contributed by atoms with E-state index in [0.717, 1.165) is 13.0 Å². The summed E-state index contributed by atoms with van der Waals surface area (Å²) in [4.78, 5) is 2.42. The second kappa shape index (κ2) is 4.70. The molecule has 1 aromatic carbocycles. The third kappa shape index (κ3) is 1.92. The van der Waals surface area contributed by atoms with Crippen LogP contribution in [0.15, 0.2) is 30.5 Å². The fourth-order valence-corrected chi connectivity index (χ4v) is 2.95. The number of nitrogens with two attached hydrogens (primary N) is 1. The first-order chi connectivity index (χ1) is 9.22. The SMILES string of the molecule is Cc1c(C(CN)N2CCc3ccccc32)cnn1C. The molecule has 100 valence electrons. The Morgan fingerprint density at radius 1 is 1.37 bits per heavy atom. The number of para-hydroxylation sites is 1. The summed E-state index contributed by atoms with van der Waals surface area (Å²) in [6.45, 7) is 3.75. The van der Waals surface area contributed by atoms with Crippen LogP contribution >= 0.6 is 0 Å². The summed E-state index contributed by atoms with van der Waals surface area (Å²) in [6.07, 6.45) is 3.06. The van der Waals surface area contributed by atoms with E-state index in [0.29, 0.717) is 6.54 Å². The van der Waals surface area contributed by atoms with Crippen LogP contribution in [0, 0.1) is 6.92 Å². The third-order valence-electron chi connectivity index (χ3n) is 4.15. The standard InChI is InChI=1S/C15H20N4/c1-11-13(10-17-18(11)2)15(9-16)19-8-7-12-5-3-4-6-14(12)19/h3-6,10,15H,7-9,16H2,1-2H3. The van der Waals surface area contributed by atoms with Gasteiger partial charge >= 0.3 is 0 Å². The van der Waals surface area contributed by atoms with E-state index in [9.17, 15) is 0 Å². The van der Waals surface area contributed by atoms with E-state index in [2.05, 4.69) is 41.2 Å². The minimum Gasteiger partial charge on any atom is -0.363 e. The molecule has 0 spiro atoms. The average Bonchev–Trinajstić information content (AvgIpc) is 2.99. The highest BCUT2D eigenvalue weighted by molar-refractivity contribution is 5.59. The Morgan fingerprint density at radius 3 is 2.84 bits per heavy atom. The van der Waals surface area contributed by atoms with Gasteiger partial charge in [0.05, 0.1) is 12.2 Å². The topological polar surface area (TPSA) is 47.1 Å². The van der Waals surface area contributed by atoms with Gasteiger partial charge in [0.25, 0.3) is 0 Å². The van der Waals surface area contributed by atoms with Crippen LogP contribution in [0.4, 0.5) is 5.69 Å². The first-order valence-corrected chi connectivity index (χ1v) is 6.75. The Kier molecular flexibility index (Phi) is 3.03. The van der Waals surface area contributed by atoms with Gasteiger partial charge in [0.15, 0.2) is 0 Å². The van der Waals surface area contributed by atoms with Gasteiger partial charge in [-0.2, -0.15) is 5.10 Å². The lowest BCUT2D eigenvalue weighted by Crippen LogP contribution is -2.32. The van der Waals surface area contributed by atoms with Crippen molar-refractivity contribution in [2.75, 3.05) is 18.0 Å². The molecule has 0 amide bonds. The highest BCUT2D eigenvalue weighted by Gasteiger charge is 2.27. The number of aromatic nitrogens is 2. The van der Waals surface area contributed by atoms with E-state index in [4.69, 9.17) is 5.73 Å². The Bertz CT molecular complexity index is 588. The molecule has 4 nitrogen and oxygen atoms in total. The molecule has 2 heterocycles. The van der Waals surface area contributed by atoms with Crippen molar-refractivity contribution in [1.82, 2.24) is 9.78 Å². The van der Waals surface area contributed by atoms with Crippen LogP contribution in [0.5, 0.6) is 0 Å². The number of nitrogens with zero attached hydrogens (tertiary/aromatic N) is 3. The lowest BCUT2D eigenvalue weighted by Gasteiger charge is -2.29. The molecule has 4 heteroatoms. The number of hydrogen-bond donors (Lipinski definition) is 1. The molecular formula is C15H20N4. The number of anilines is 1. The molecule has 1 atom stereocenters. The van der Waals surface area contributed by atoms with Crippen molar-refractivity contribution in [2.24, 2.45) is 12.8 Å². The molecule has 0 fully saturated rings. The quantitative estimate of drug-likeness (QED) is 0.910. The highest BCUT2D eigenvalue weighted by atomic mass is 15.3. The normalized spacial score (nSPS) is 15.6. The Hall–Kier alpha value is -1.81. The number of rotatable bonds is 3. The maximum Gasteiger partial charge on any atom is 0.0698 e. The van der Waals surface area contributed by atoms with E-state index in [1.54, 1.807) is 0 Å². The minimum atomic E-state index is 0.220. The third-order valence-corrected chi connectivity index (χ3v) is 4.15. The van der Waals surface area contributed by atoms with E-state index in [1.807, 2.05) is 17.9 Å². The smallest absolute Gasteiger partial charge is 0.0698 e. The number of hydrogen-bond acceptors (Lipinski definition) is 3. The molecule has 0 saturated heterocycles. The highest BCUT2D eigenvalue weighted by Crippen LogP contribution is 2.35. The van der Waals surface area contributed by atoms with Gasteiger partial charge in [0, 0.05) is 37.1 Å². The van der Waals surface area contributed by atoms with Crippen molar-refractivity contribution in [1.29, 1.82) is 0 Å². The van der Waals surface area contributed by atoms with Gasteiger partial charge in [-0.3, -0.25) is 4.68 Å². The average molecular weight is 256 g/mol. The predicted molar refractivity (Wildman–Crippen MR) is 77.2 cm³/mol. The zero-order chi connectivity index (χ0) is 13.4. The molecule has 0 aliphatic carbocycles. The molecule has 1 aliphatic heterocycles. The van der Waals surface area contributed by atoms with E-state index in [-0.39, 0.29) is 6.04 Å². The summed E-state index contributed by atoms with van der Waals surface area (Å²) in [5.74, 6) is 0. The van der Waals surface area contributed by atoms with Crippen LogP contribution in [0.1, 0.15) is 22.9 Å². The summed E-state index contributed by atoms with van der Waals surface area (Å²) in [7, 11) is 1.98. The first kappa shape index (κ1) is 12.2. The van der Waals surface area contributed by atoms with Crippen LogP contribution in [0.2, 0.25) is 0 Å². The molecule has 3 rings (SSSR count). The van der Waals surface area contributed by atoms with Gasteiger partial charge in [-0.15, -0.1) is 0 Å². The first-order valence-electron chi connectivity index (χ1n) is 6.75. The molecule has 1 aromatic heterocycles. The van der Waals surface area contributed by atoms with Crippen LogP contribution in [-0.2, 0) is 13.5 Å². The van der Waals surface area contributed by atoms with Crippen molar-refractivity contribution >= 4 is 5.69 Å². The van der Waals surface area contributed by atoms with Crippen molar-refractivity contribution < 1.29 is 0 Å². The Labute approximate surface area is 113 Å².